The molecule has 1 N–H and O–H groups in total. The molecular formula is C24H22Cl2N2. The number of benzene rings is 3. The van der Waals surface area contributed by atoms with E-state index in [0.29, 0.717) is 16.6 Å². The lowest BCUT2D eigenvalue weighted by Gasteiger charge is -2.13. The van der Waals surface area contributed by atoms with Gasteiger partial charge in [-0.15, -0.1) is 0 Å². The number of fused-ring (bicyclic) bond motifs is 1. The number of nitrogens with zero attached hydrogens (tertiary/aromatic N) is 1. The zero-order valence-corrected chi connectivity index (χ0v) is 17.2. The molecule has 0 spiro atoms. The zero-order valence-electron chi connectivity index (χ0n) is 15.7. The number of nitrogens with one attached hydrogen (secondary N) is 1. The Labute approximate surface area is 175 Å². The topological polar surface area (TPSA) is 17.0 Å². The highest BCUT2D eigenvalue weighted by Crippen LogP contribution is 2.28. The first-order chi connectivity index (χ1) is 13.6. The molecule has 0 amide bonds. The van der Waals surface area contributed by atoms with Crippen LogP contribution in [0.5, 0.6) is 0 Å². The minimum absolute atomic E-state index is 0.279. The van der Waals surface area contributed by atoms with Crippen LogP contribution in [0.15, 0.2) is 79.0 Å². The third-order valence-electron chi connectivity index (χ3n) is 5.16. The van der Waals surface area contributed by atoms with Crippen molar-refractivity contribution in [2.24, 2.45) is 0 Å². The molecule has 4 aromatic rings. The largest absolute Gasteiger partial charge is 0.343 e. The molecule has 0 unspecified atom stereocenters. The van der Waals surface area contributed by atoms with Gasteiger partial charge in [-0.05, 0) is 36.2 Å². The van der Waals surface area contributed by atoms with Gasteiger partial charge < -0.3 is 9.88 Å². The van der Waals surface area contributed by atoms with Crippen molar-refractivity contribution < 1.29 is 0 Å². The van der Waals surface area contributed by atoms with Gasteiger partial charge >= 0.3 is 0 Å². The van der Waals surface area contributed by atoms with E-state index in [0.717, 1.165) is 12.1 Å². The Balaban J connectivity index is 1.61. The predicted molar refractivity (Wildman–Crippen MR) is 119 cm³/mol. The first-order valence-electron chi connectivity index (χ1n) is 9.41. The first-order valence-corrected chi connectivity index (χ1v) is 10.2. The van der Waals surface area contributed by atoms with Gasteiger partial charge in [0.1, 0.15) is 0 Å². The van der Waals surface area contributed by atoms with E-state index in [-0.39, 0.29) is 6.04 Å². The number of aromatic nitrogens is 1. The average Bonchev–Trinajstić information content (AvgIpc) is 3.07. The van der Waals surface area contributed by atoms with Gasteiger partial charge in [0.15, 0.2) is 0 Å². The fourth-order valence-corrected chi connectivity index (χ4v) is 4.09. The average molecular weight is 409 g/mol. The van der Waals surface area contributed by atoms with Gasteiger partial charge in [-0.3, -0.25) is 0 Å². The Kier molecular flexibility index (Phi) is 5.72. The van der Waals surface area contributed by atoms with E-state index in [4.69, 9.17) is 23.2 Å². The van der Waals surface area contributed by atoms with Crippen LogP contribution < -0.4 is 5.32 Å². The highest BCUT2D eigenvalue weighted by Gasteiger charge is 2.13. The summed E-state index contributed by atoms with van der Waals surface area (Å²) in [4.78, 5) is 0. The van der Waals surface area contributed by atoms with Crippen LogP contribution in [0.4, 0.5) is 0 Å². The summed E-state index contributed by atoms with van der Waals surface area (Å²) in [5.74, 6) is 0. The summed E-state index contributed by atoms with van der Waals surface area (Å²) in [5, 5.41) is 6.28. The Hall–Kier alpha value is -2.26. The molecule has 0 saturated carbocycles. The predicted octanol–water partition coefficient (Wildman–Crippen LogP) is 6.85. The number of halogens is 2. The highest BCUT2D eigenvalue weighted by molar-refractivity contribution is 6.36. The van der Waals surface area contributed by atoms with Gasteiger partial charge in [-0.1, -0.05) is 77.8 Å². The van der Waals surface area contributed by atoms with Crippen LogP contribution in [-0.4, -0.2) is 4.57 Å². The smallest absolute Gasteiger partial charge is 0.0505 e. The van der Waals surface area contributed by atoms with Crippen molar-refractivity contribution in [3.05, 3.63) is 106 Å². The molecule has 0 radical (unpaired) electrons. The molecule has 0 aliphatic rings. The number of hydrogen-bond donors (Lipinski definition) is 1. The van der Waals surface area contributed by atoms with Crippen LogP contribution in [0.3, 0.4) is 0 Å². The molecule has 3 aromatic carbocycles. The Morgan fingerprint density at radius 1 is 0.857 bits per heavy atom. The Morgan fingerprint density at radius 3 is 2.29 bits per heavy atom. The van der Waals surface area contributed by atoms with Crippen molar-refractivity contribution in [1.82, 2.24) is 9.88 Å². The van der Waals surface area contributed by atoms with Crippen LogP contribution in [-0.2, 0) is 13.1 Å². The molecule has 2 nitrogen and oxygen atoms in total. The molecule has 142 valence electrons. The molecule has 0 aliphatic heterocycles. The van der Waals surface area contributed by atoms with Crippen LogP contribution in [0.25, 0.3) is 10.9 Å². The molecule has 4 rings (SSSR count). The second-order valence-electron chi connectivity index (χ2n) is 7.01. The molecule has 0 aliphatic carbocycles. The summed E-state index contributed by atoms with van der Waals surface area (Å²) < 4.78 is 2.23. The maximum absolute atomic E-state index is 6.40. The lowest BCUT2D eigenvalue weighted by Crippen LogP contribution is -2.17. The lowest BCUT2D eigenvalue weighted by atomic mass is 10.1. The summed E-state index contributed by atoms with van der Waals surface area (Å²) in [5.41, 5.74) is 4.68. The van der Waals surface area contributed by atoms with Crippen LogP contribution in [0, 0.1) is 0 Å². The van der Waals surface area contributed by atoms with Crippen molar-refractivity contribution in [1.29, 1.82) is 0 Å². The molecule has 1 aromatic heterocycles. The van der Waals surface area contributed by atoms with Gasteiger partial charge in [0, 0.05) is 45.3 Å². The molecule has 0 bridgehead atoms. The molecule has 0 fully saturated rings. The van der Waals surface area contributed by atoms with Crippen molar-refractivity contribution in [3.8, 4) is 0 Å². The summed E-state index contributed by atoms with van der Waals surface area (Å²) in [6.07, 6.45) is 2.20. The molecule has 0 saturated heterocycles. The second kappa shape index (κ2) is 8.40. The van der Waals surface area contributed by atoms with Gasteiger partial charge in [0.2, 0.25) is 0 Å². The standard InChI is InChI=1S/C24H22Cl2N2/c1-17(18-8-3-2-4-9-18)27-14-19-15-28(24-13-6-5-10-20(19)24)16-21-22(25)11-7-12-23(21)26/h2-13,15,17,27H,14,16H2,1H3/t17-/m1/s1. The van der Waals surface area contributed by atoms with Gasteiger partial charge in [-0.25, -0.2) is 0 Å². The minimum Gasteiger partial charge on any atom is -0.343 e. The van der Waals surface area contributed by atoms with Crippen molar-refractivity contribution in [3.63, 3.8) is 0 Å². The Bertz CT molecular complexity index is 1070. The maximum atomic E-state index is 6.40. The van der Waals surface area contributed by atoms with E-state index in [1.165, 1.54) is 22.0 Å². The fraction of sp³-hybridized carbons (Fsp3) is 0.167. The van der Waals surface area contributed by atoms with E-state index >= 15 is 0 Å². The first kappa shape index (κ1) is 19.1. The van der Waals surface area contributed by atoms with E-state index < -0.39 is 0 Å². The fourth-order valence-electron chi connectivity index (χ4n) is 3.57. The highest BCUT2D eigenvalue weighted by atomic mass is 35.5. The minimum atomic E-state index is 0.279. The lowest BCUT2D eigenvalue weighted by molar-refractivity contribution is 0.575. The summed E-state index contributed by atoms with van der Waals surface area (Å²) in [6, 6.07) is 24.9. The van der Waals surface area contributed by atoms with E-state index in [9.17, 15) is 0 Å². The number of hydrogen-bond acceptors (Lipinski definition) is 1. The van der Waals surface area contributed by atoms with E-state index in [2.05, 4.69) is 71.5 Å². The molecule has 1 heterocycles. The van der Waals surface area contributed by atoms with Gasteiger partial charge in [0.25, 0.3) is 0 Å². The number of para-hydroxylation sites is 1. The van der Waals surface area contributed by atoms with Crippen LogP contribution >= 0.6 is 23.2 Å². The third-order valence-corrected chi connectivity index (χ3v) is 5.87. The summed E-state index contributed by atoms with van der Waals surface area (Å²) in [6.45, 7) is 3.63. The zero-order chi connectivity index (χ0) is 19.5. The third kappa shape index (κ3) is 3.95. The Morgan fingerprint density at radius 2 is 1.54 bits per heavy atom. The van der Waals surface area contributed by atoms with E-state index in [1.54, 1.807) is 0 Å². The normalized spacial score (nSPS) is 12.4. The van der Waals surface area contributed by atoms with Crippen LogP contribution in [0.1, 0.15) is 29.7 Å². The molecule has 4 heteroatoms. The molecule has 28 heavy (non-hydrogen) atoms. The van der Waals surface area contributed by atoms with Gasteiger partial charge in [0.05, 0.1) is 6.54 Å². The van der Waals surface area contributed by atoms with Crippen molar-refractivity contribution in [2.45, 2.75) is 26.1 Å². The molecular weight excluding hydrogens is 387 g/mol. The SMILES string of the molecule is C[C@@H](NCc1cn(Cc2c(Cl)cccc2Cl)c2ccccc12)c1ccccc1. The number of rotatable bonds is 6. The maximum Gasteiger partial charge on any atom is 0.0505 e. The quantitative estimate of drug-likeness (QED) is 0.369. The van der Waals surface area contributed by atoms with Crippen molar-refractivity contribution in [2.75, 3.05) is 0 Å². The van der Waals surface area contributed by atoms with Gasteiger partial charge in [-0.2, -0.15) is 0 Å². The monoisotopic (exact) mass is 408 g/mol. The summed E-state index contributed by atoms with van der Waals surface area (Å²) in [7, 11) is 0. The second-order valence-corrected chi connectivity index (χ2v) is 7.83. The summed E-state index contributed by atoms with van der Waals surface area (Å²) >= 11 is 12.8. The van der Waals surface area contributed by atoms with Crippen LogP contribution in [0.2, 0.25) is 10.0 Å². The van der Waals surface area contributed by atoms with Crippen molar-refractivity contribution >= 4 is 34.1 Å². The van der Waals surface area contributed by atoms with E-state index in [1.807, 2.05) is 24.3 Å². The molecule has 1 atom stereocenters.